The molecule has 41 rings (SSSR count). The van der Waals surface area contributed by atoms with Gasteiger partial charge in [-0.05, 0) is 46.2 Å². The summed E-state index contributed by atoms with van der Waals surface area (Å²) in [5.41, 5.74) is 5.78. The first-order valence-corrected chi connectivity index (χ1v) is 33.1. The van der Waals surface area contributed by atoms with E-state index in [2.05, 4.69) is 12.1 Å². The van der Waals surface area contributed by atoms with Gasteiger partial charge in [0.2, 0.25) is 0 Å². The fourth-order valence-corrected chi connectivity index (χ4v) is 15.7. The number of ether oxygens (including phenoxy) is 14. The molecule has 33 nitrogen and oxygen atoms in total. The minimum Gasteiger partial charge on any atom is -0.394 e. The number of hydrogen-bond acceptors (Lipinski definition) is 35. The average Bonchev–Trinajstić information content (AvgIpc) is 0.822. The molecule has 0 aromatic heterocycles. The van der Waals surface area contributed by atoms with Crippen LogP contribution in [0, 0.1) is 0 Å². The molecular weight excluding hydrogens is 1290 g/mol. The minimum absolute atomic E-state index is 0.0902. The van der Waals surface area contributed by atoms with Crippen LogP contribution in [0.1, 0.15) is 22.3 Å². The normalized spacial score (nSPS) is 49.3. The molecule has 17 fully saturated rings. The Balaban J connectivity index is 0.926. The molecule has 0 amide bonds. The van der Waals surface area contributed by atoms with E-state index in [1.54, 1.807) is 0 Å². The average molecular weight is 1370 g/mol. The smallest absolute Gasteiger partial charge is 0.187 e. The highest BCUT2D eigenvalue weighted by molar-refractivity contribution is 7.98. The third-order valence-electron chi connectivity index (χ3n) is 18.8. The lowest BCUT2D eigenvalue weighted by Crippen LogP contribution is -2.68. The number of aryl methyl sites for hydroxylation is 2. The Morgan fingerprint density at radius 3 is 0.753 bits per heavy atom. The second-order valence-electron chi connectivity index (χ2n) is 24.8. The summed E-state index contributed by atoms with van der Waals surface area (Å²) in [7, 11) is 0. The van der Waals surface area contributed by atoms with Gasteiger partial charge in [-0.25, -0.2) is 0 Å². The zero-order valence-electron chi connectivity index (χ0n) is 49.5. The maximum Gasteiger partial charge on any atom is 0.187 e. The molecule has 38 heterocycles. The summed E-state index contributed by atoms with van der Waals surface area (Å²) >= 11 is 2.55. The van der Waals surface area contributed by atoms with Crippen LogP contribution < -0.4 is 0 Å². The van der Waals surface area contributed by atoms with Crippen molar-refractivity contribution in [1.82, 2.24) is 0 Å². The van der Waals surface area contributed by atoms with Crippen LogP contribution in [0.3, 0.4) is 0 Å². The second kappa shape index (κ2) is 29.9. The fourth-order valence-electron chi connectivity index (χ4n) is 13.7. The Morgan fingerprint density at radius 1 is 0.280 bits per heavy atom. The zero-order chi connectivity index (χ0) is 66.0. The molecule has 2 aromatic rings. The highest BCUT2D eigenvalue weighted by Crippen LogP contribution is 2.42. The van der Waals surface area contributed by atoms with E-state index in [1.807, 2.05) is 24.3 Å². The minimum atomic E-state index is -2.18. The van der Waals surface area contributed by atoms with E-state index in [9.17, 15) is 97.0 Å². The number of aliphatic hydroxyl groups excluding tert-OH is 19. The second-order valence-corrected chi connectivity index (χ2v) is 26.9. The molecular formula is C58H82O33S2. The highest BCUT2D eigenvalue weighted by atomic mass is 32.2. The van der Waals surface area contributed by atoms with Crippen LogP contribution in [0.25, 0.3) is 11.1 Å². The third kappa shape index (κ3) is 14.0. The molecule has 1 aliphatic carbocycles. The van der Waals surface area contributed by atoms with Gasteiger partial charge >= 0.3 is 0 Å². The van der Waals surface area contributed by atoms with Gasteiger partial charge in [-0.15, -0.1) is 0 Å². The van der Waals surface area contributed by atoms with Gasteiger partial charge in [0.25, 0.3) is 0 Å². The van der Waals surface area contributed by atoms with Gasteiger partial charge in [0.05, 0.1) is 45.2 Å². The standard InChI is InChI=1S/C58H82O33S2/c59-9-24-45-31(64)38(71)52(78-24)86-46-25(10-60)81-55(41(74)34(46)67)90-50-29-16-92-14-18-1-5-22-20(7-18)3-4-21-8-19(2-6-23(21)22)15-93-17-30-51(36(69)43(76)57(83-30)88-48-27(12-62)79-53(85-45)39(72)32(48)65)91-56-42(75)35(68)47(26(11-61)82-56)87-54-40(73)33(66)49(28(13-63)80-54)89-58(84-29)44(77)37(50)70/h1-2,5-8,24-77H,3-4,9-17H2/t24-,25-,26-,27-,28-,29-,30-,31?,32?,33?,34?,35?,36?,37?,38?,39?,40?,41?,42?,43?,44?,45-,46-,47-,48-,49-,50-,51-,52-,53-,54-,55-,56+,57-,58-/m1/s1. The molecule has 35 heteroatoms. The predicted molar refractivity (Wildman–Crippen MR) is 306 cm³/mol. The Labute approximate surface area is 538 Å². The molecule has 17 saturated heterocycles. The molecule has 2 aromatic carbocycles. The van der Waals surface area contributed by atoms with Crippen LogP contribution in [0.15, 0.2) is 36.4 Å². The summed E-state index contributed by atoms with van der Waals surface area (Å²) in [5, 5.41) is 218. The quantitative estimate of drug-likeness (QED) is 0.132. The van der Waals surface area contributed by atoms with Crippen LogP contribution in [-0.2, 0) is 90.7 Å². The van der Waals surface area contributed by atoms with E-state index in [0.29, 0.717) is 24.3 Å². The first-order chi connectivity index (χ1) is 44.6. The highest BCUT2D eigenvalue weighted by Gasteiger charge is 2.60. The zero-order valence-corrected chi connectivity index (χ0v) is 51.1. The van der Waals surface area contributed by atoms with Crippen molar-refractivity contribution >= 4 is 23.5 Å². The maximum atomic E-state index is 12.1. The van der Waals surface area contributed by atoms with Gasteiger partial charge in [-0.2, -0.15) is 23.5 Å². The molecule has 14 unspecified atom stereocenters. The van der Waals surface area contributed by atoms with Crippen LogP contribution in [0.4, 0.5) is 0 Å². The lowest BCUT2D eigenvalue weighted by molar-refractivity contribution is -0.395. The van der Waals surface area contributed by atoms with Gasteiger partial charge in [-0.3, -0.25) is 0 Å². The molecule has 39 aliphatic rings. The van der Waals surface area contributed by atoms with Crippen LogP contribution in [0.2, 0.25) is 0 Å². The van der Waals surface area contributed by atoms with Crippen molar-refractivity contribution in [3.8, 4) is 11.1 Å². The molecule has 524 valence electrons. The van der Waals surface area contributed by atoms with Gasteiger partial charge in [0, 0.05) is 23.0 Å². The Morgan fingerprint density at radius 2 is 0.505 bits per heavy atom. The SMILES string of the molecule is OC[C@H]1O[C@@H]2O[C@H]3C(O)C(O)[C@@H]4O[C@@H]3CSCc3ccc5c(c3)CCc3cc(ccc3-5)CSC[C@H]3O[C@H](O[C@H]5C(O)C(O)[C@H](O[C@@H]5CO)O[C@H]5C(O)C(O)[C@H](O[C@@H]5CO)O[C@H]1C(O)C2O)C(O)C(O)[C@@H]3O[C@@H]1O[C@H](CO)[C@@H](O[C@H]2O[C@H](CO)[C@@H](O4)C(O)C2O)C(O)C1O. The summed E-state index contributed by atoms with van der Waals surface area (Å²) in [4.78, 5) is 0. The summed E-state index contributed by atoms with van der Waals surface area (Å²) in [6.07, 6.45) is -66.3. The molecule has 38 aliphatic heterocycles. The van der Waals surface area contributed by atoms with Gasteiger partial charge < -0.3 is 163 Å². The predicted octanol–water partition coefficient (Wildman–Crippen LogP) is -9.27. The van der Waals surface area contributed by atoms with E-state index in [-0.39, 0.29) is 11.5 Å². The van der Waals surface area contributed by atoms with Crippen molar-refractivity contribution in [2.24, 2.45) is 0 Å². The third-order valence-corrected chi connectivity index (χ3v) is 21.0. The number of hydrogen-bond donors (Lipinski definition) is 19. The van der Waals surface area contributed by atoms with Crippen LogP contribution >= 0.6 is 23.5 Å². The lowest BCUT2D eigenvalue weighted by atomic mass is 9.84. The lowest BCUT2D eigenvalue weighted by Gasteiger charge is -2.50. The summed E-state index contributed by atoms with van der Waals surface area (Å²) in [6.45, 7) is -5.02. The van der Waals surface area contributed by atoms with E-state index < -0.39 is 248 Å². The molecule has 0 spiro atoms. The van der Waals surface area contributed by atoms with Crippen LogP contribution in [0.5, 0.6) is 0 Å². The number of benzene rings is 2. The van der Waals surface area contributed by atoms with Crippen molar-refractivity contribution < 1.29 is 163 Å². The largest absolute Gasteiger partial charge is 0.394 e. The van der Waals surface area contributed by atoms with Crippen molar-refractivity contribution in [3.05, 3.63) is 58.7 Å². The Bertz CT molecular complexity index is 2770. The van der Waals surface area contributed by atoms with Gasteiger partial charge in [0.15, 0.2) is 44.0 Å². The van der Waals surface area contributed by atoms with Crippen molar-refractivity contribution in [3.63, 3.8) is 0 Å². The summed E-state index contributed by atoms with van der Waals surface area (Å²) in [5.74, 6) is 0.457. The molecule has 93 heavy (non-hydrogen) atoms. The first kappa shape index (κ1) is 70.7. The Hall–Kier alpha value is -2.18. The number of aliphatic hydroxyl groups is 19. The van der Waals surface area contributed by atoms with Gasteiger partial charge in [0.1, 0.15) is 159 Å². The van der Waals surface area contributed by atoms with Crippen molar-refractivity contribution in [2.75, 3.05) is 44.5 Å². The molecule has 22 bridgehead atoms. The van der Waals surface area contributed by atoms with Crippen LogP contribution in [-0.4, -0.2) is 357 Å². The number of rotatable bonds is 5. The van der Waals surface area contributed by atoms with Crippen molar-refractivity contribution in [2.45, 2.75) is 239 Å². The Kier molecular flexibility index (Phi) is 22.8. The first-order valence-electron chi connectivity index (χ1n) is 30.8. The molecule has 35 atom stereocenters. The number of thioether (sulfide) groups is 2. The summed E-state index contributed by atoms with van der Waals surface area (Å²) < 4.78 is 84.4. The van der Waals surface area contributed by atoms with E-state index in [1.165, 1.54) is 23.5 Å². The van der Waals surface area contributed by atoms with E-state index in [4.69, 9.17) is 66.3 Å². The topological polar surface area (TPSA) is 514 Å². The molecule has 0 radical (unpaired) electrons. The molecule has 0 saturated carbocycles. The van der Waals surface area contributed by atoms with E-state index in [0.717, 1.165) is 33.4 Å². The van der Waals surface area contributed by atoms with Gasteiger partial charge in [-0.1, -0.05) is 36.4 Å². The monoisotopic (exact) mass is 1370 g/mol. The van der Waals surface area contributed by atoms with Crippen molar-refractivity contribution in [1.29, 1.82) is 0 Å². The molecule has 19 N–H and O–H groups in total. The van der Waals surface area contributed by atoms with E-state index >= 15 is 0 Å². The summed E-state index contributed by atoms with van der Waals surface area (Å²) in [6, 6.07) is 12.0. The maximum absolute atomic E-state index is 12.1. The fraction of sp³-hybridized carbons (Fsp3) is 0.793.